The van der Waals surface area contributed by atoms with Crippen LogP contribution in [0.1, 0.15) is 20.8 Å². The number of anilines is 1. The standard InChI is InChI=1S/C15H16ClN3O/c1-15(2,3)14(20)19-12-8-17-13(18-9-12)10-5-4-6-11(16)7-10/h4-9H,1-3H3,(H,19,20). The van der Waals surface area contributed by atoms with E-state index in [1.165, 1.54) is 0 Å². The van der Waals surface area contributed by atoms with Gasteiger partial charge in [0.05, 0.1) is 18.1 Å². The minimum absolute atomic E-state index is 0.0726. The molecule has 0 saturated heterocycles. The second-order valence-electron chi connectivity index (χ2n) is 5.51. The van der Waals surface area contributed by atoms with Crippen LogP contribution >= 0.6 is 11.6 Å². The Balaban J connectivity index is 2.17. The summed E-state index contributed by atoms with van der Waals surface area (Å²) < 4.78 is 0. The highest BCUT2D eigenvalue weighted by molar-refractivity contribution is 6.30. The lowest BCUT2D eigenvalue weighted by Gasteiger charge is -2.17. The number of carbonyl (C=O) groups excluding carboxylic acids is 1. The van der Waals surface area contributed by atoms with E-state index in [0.29, 0.717) is 16.5 Å². The van der Waals surface area contributed by atoms with Gasteiger partial charge >= 0.3 is 0 Å². The minimum atomic E-state index is -0.453. The fourth-order valence-corrected chi connectivity index (χ4v) is 1.68. The van der Waals surface area contributed by atoms with Crippen LogP contribution in [0.15, 0.2) is 36.7 Å². The molecule has 1 aromatic heterocycles. The van der Waals surface area contributed by atoms with Crippen LogP contribution in [-0.2, 0) is 4.79 Å². The molecule has 4 nitrogen and oxygen atoms in total. The average Bonchev–Trinajstić information content (AvgIpc) is 2.38. The van der Waals surface area contributed by atoms with E-state index >= 15 is 0 Å². The summed E-state index contributed by atoms with van der Waals surface area (Å²) in [6.07, 6.45) is 3.18. The number of amides is 1. The van der Waals surface area contributed by atoms with Gasteiger partial charge in [-0.2, -0.15) is 0 Å². The molecule has 0 saturated carbocycles. The normalized spacial score (nSPS) is 11.2. The zero-order valence-corrected chi connectivity index (χ0v) is 12.4. The van der Waals surface area contributed by atoms with Crippen molar-refractivity contribution in [2.45, 2.75) is 20.8 Å². The van der Waals surface area contributed by atoms with Crippen molar-refractivity contribution in [1.29, 1.82) is 0 Å². The molecule has 0 spiro atoms. The molecule has 0 aliphatic rings. The number of hydrogen-bond donors (Lipinski definition) is 1. The third-order valence-corrected chi connectivity index (χ3v) is 2.91. The van der Waals surface area contributed by atoms with E-state index in [0.717, 1.165) is 5.56 Å². The van der Waals surface area contributed by atoms with Crippen LogP contribution in [0.2, 0.25) is 5.02 Å². The van der Waals surface area contributed by atoms with Crippen molar-refractivity contribution in [3.05, 3.63) is 41.7 Å². The van der Waals surface area contributed by atoms with Gasteiger partial charge in [0.25, 0.3) is 0 Å². The monoisotopic (exact) mass is 289 g/mol. The largest absolute Gasteiger partial charge is 0.323 e. The highest BCUT2D eigenvalue weighted by Gasteiger charge is 2.21. The molecule has 2 rings (SSSR count). The number of nitrogens with one attached hydrogen (secondary N) is 1. The molecule has 1 heterocycles. The number of carbonyl (C=O) groups is 1. The van der Waals surface area contributed by atoms with Crippen LogP contribution in [0.4, 0.5) is 5.69 Å². The summed E-state index contributed by atoms with van der Waals surface area (Å²) in [6, 6.07) is 7.32. The van der Waals surface area contributed by atoms with Crippen molar-refractivity contribution in [3.8, 4) is 11.4 Å². The quantitative estimate of drug-likeness (QED) is 0.915. The zero-order valence-electron chi connectivity index (χ0n) is 11.6. The number of halogens is 1. The zero-order chi connectivity index (χ0) is 14.8. The van der Waals surface area contributed by atoms with Gasteiger partial charge in [-0.15, -0.1) is 0 Å². The molecule has 0 aliphatic heterocycles. The molecule has 0 aliphatic carbocycles. The molecule has 1 N–H and O–H groups in total. The van der Waals surface area contributed by atoms with Gasteiger partial charge in [0.1, 0.15) is 0 Å². The Labute approximate surface area is 123 Å². The molecule has 20 heavy (non-hydrogen) atoms. The Morgan fingerprint density at radius 2 is 1.85 bits per heavy atom. The van der Waals surface area contributed by atoms with Crippen LogP contribution in [-0.4, -0.2) is 15.9 Å². The van der Waals surface area contributed by atoms with Crippen molar-refractivity contribution in [3.63, 3.8) is 0 Å². The second-order valence-corrected chi connectivity index (χ2v) is 5.95. The maximum atomic E-state index is 11.8. The van der Waals surface area contributed by atoms with Gasteiger partial charge in [0.15, 0.2) is 5.82 Å². The Hall–Kier alpha value is -1.94. The van der Waals surface area contributed by atoms with Crippen LogP contribution in [0, 0.1) is 5.41 Å². The Morgan fingerprint density at radius 1 is 1.20 bits per heavy atom. The predicted molar refractivity (Wildman–Crippen MR) is 80.6 cm³/mol. The van der Waals surface area contributed by atoms with E-state index in [2.05, 4.69) is 15.3 Å². The van der Waals surface area contributed by atoms with Crippen molar-refractivity contribution >= 4 is 23.2 Å². The first-order valence-corrected chi connectivity index (χ1v) is 6.63. The summed E-state index contributed by atoms with van der Waals surface area (Å²) in [6.45, 7) is 5.55. The Kier molecular flexibility index (Phi) is 4.04. The molecule has 5 heteroatoms. The number of aromatic nitrogens is 2. The van der Waals surface area contributed by atoms with Crippen molar-refractivity contribution in [2.24, 2.45) is 5.41 Å². The first kappa shape index (κ1) is 14.5. The Bertz CT molecular complexity index is 618. The van der Waals surface area contributed by atoms with Crippen LogP contribution in [0.3, 0.4) is 0 Å². The van der Waals surface area contributed by atoms with E-state index < -0.39 is 5.41 Å². The predicted octanol–water partition coefficient (Wildman–Crippen LogP) is 3.78. The van der Waals surface area contributed by atoms with Crippen LogP contribution in [0.5, 0.6) is 0 Å². The first-order chi connectivity index (χ1) is 9.36. The lowest BCUT2D eigenvalue weighted by molar-refractivity contribution is -0.123. The third kappa shape index (κ3) is 3.54. The summed E-state index contributed by atoms with van der Waals surface area (Å²) in [4.78, 5) is 20.3. The van der Waals surface area contributed by atoms with E-state index in [4.69, 9.17) is 11.6 Å². The van der Waals surface area contributed by atoms with Gasteiger partial charge in [0.2, 0.25) is 5.91 Å². The SMILES string of the molecule is CC(C)(C)C(=O)Nc1cnc(-c2cccc(Cl)c2)nc1. The van der Waals surface area contributed by atoms with Gasteiger partial charge in [-0.3, -0.25) is 4.79 Å². The first-order valence-electron chi connectivity index (χ1n) is 6.26. The Morgan fingerprint density at radius 3 is 2.40 bits per heavy atom. The molecular weight excluding hydrogens is 274 g/mol. The molecule has 0 radical (unpaired) electrons. The summed E-state index contributed by atoms with van der Waals surface area (Å²) >= 11 is 5.93. The van der Waals surface area contributed by atoms with E-state index in [1.54, 1.807) is 24.5 Å². The van der Waals surface area contributed by atoms with Gasteiger partial charge < -0.3 is 5.32 Å². The maximum absolute atomic E-state index is 11.8. The number of hydrogen-bond acceptors (Lipinski definition) is 3. The summed E-state index contributed by atoms with van der Waals surface area (Å²) in [5.41, 5.74) is 0.966. The highest BCUT2D eigenvalue weighted by Crippen LogP contribution is 2.21. The average molecular weight is 290 g/mol. The number of rotatable bonds is 2. The minimum Gasteiger partial charge on any atom is -0.323 e. The lowest BCUT2D eigenvalue weighted by Crippen LogP contribution is -2.27. The maximum Gasteiger partial charge on any atom is 0.229 e. The smallest absolute Gasteiger partial charge is 0.229 e. The van der Waals surface area contributed by atoms with Gasteiger partial charge in [-0.25, -0.2) is 9.97 Å². The molecule has 0 fully saturated rings. The van der Waals surface area contributed by atoms with Gasteiger partial charge in [0, 0.05) is 16.0 Å². The molecule has 104 valence electrons. The lowest BCUT2D eigenvalue weighted by atomic mass is 9.96. The number of nitrogens with zero attached hydrogens (tertiary/aromatic N) is 2. The van der Waals surface area contributed by atoms with E-state index in [-0.39, 0.29) is 5.91 Å². The van der Waals surface area contributed by atoms with Crippen molar-refractivity contribution in [1.82, 2.24) is 9.97 Å². The highest BCUT2D eigenvalue weighted by atomic mass is 35.5. The molecular formula is C15H16ClN3O. The van der Waals surface area contributed by atoms with Gasteiger partial charge in [-0.1, -0.05) is 44.5 Å². The van der Waals surface area contributed by atoms with Crippen LogP contribution < -0.4 is 5.32 Å². The van der Waals surface area contributed by atoms with Crippen molar-refractivity contribution in [2.75, 3.05) is 5.32 Å². The summed E-state index contributed by atoms with van der Waals surface area (Å²) in [5.74, 6) is 0.498. The van der Waals surface area contributed by atoms with E-state index in [9.17, 15) is 4.79 Å². The fourth-order valence-electron chi connectivity index (χ4n) is 1.49. The molecule has 0 bridgehead atoms. The van der Waals surface area contributed by atoms with Crippen molar-refractivity contribution < 1.29 is 4.79 Å². The molecule has 1 aromatic carbocycles. The fraction of sp³-hybridized carbons (Fsp3) is 0.267. The molecule has 2 aromatic rings. The third-order valence-electron chi connectivity index (χ3n) is 2.67. The van der Waals surface area contributed by atoms with Gasteiger partial charge in [-0.05, 0) is 12.1 Å². The summed E-state index contributed by atoms with van der Waals surface area (Å²) in [7, 11) is 0. The molecule has 0 atom stereocenters. The number of benzene rings is 1. The van der Waals surface area contributed by atoms with E-state index in [1.807, 2.05) is 32.9 Å². The van der Waals surface area contributed by atoms with Crippen LogP contribution in [0.25, 0.3) is 11.4 Å². The summed E-state index contributed by atoms with van der Waals surface area (Å²) in [5, 5.41) is 3.42. The molecule has 1 amide bonds. The topological polar surface area (TPSA) is 54.9 Å². The molecule has 0 unspecified atom stereocenters. The second kappa shape index (κ2) is 5.59.